The molecule has 0 aliphatic carbocycles. The highest BCUT2D eigenvalue weighted by molar-refractivity contribution is 5.89. The number of anilines is 1. The van der Waals surface area contributed by atoms with Crippen LogP contribution in [0.1, 0.15) is 36.9 Å². The van der Waals surface area contributed by atoms with Gasteiger partial charge in [0, 0.05) is 20.3 Å². The molecule has 0 amide bonds. The highest BCUT2D eigenvalue weighted by Crippen LogP contribution is 2.33. The van der Waals surface area contributed by atoms with E-state index in [1.165, 1.54) is 20.0 Å². The first-order valence-corrected chi connectivity index (χ1v) is 10.7. The van der Waals surface area contributed by atoms with E-state index in [0.29, 0.717) is 5.56 Å². The van der Waals surface area contributed by atoms with Crippen molar-refractivity contribution in [2.24, 2.45) is 0 Å². The molecule has 13 heteroatoms. The number of hydrogen-bond donors (Lipinski definition) is 1. The average Bonchev–Trinajstić information content (AvgIpc) is 3.32. The fourth-order valence-corrected chi connectivity index (χ4v) is 3.79. The Morgan fingerprint density at radius 1 is 1.14 bits per heavy atom. The van der Waals surface area contributed by atoms with Crippen molar-refractivity contribution in [2.75, 3.05) is 12.3 Å². The van der Waals surface area contributed by atoms with Gasteiger partial charge in [-0.2, -0.15) is 4.98 Å². The zero-order chi connectivity index (χ0) is 25.1. The molecule has 2 N–H and O–H groups in total. The maximum atomic E-state index is 13.5. The summed E-state index contributed by atoms with van der Waals surface area (Å²) in [5.41, 5.74) is 5.72. The Morgan fingerprint density at radius 3 is 2.57 bits per heavy atom. The van der Waals surface area contributed by atoms with E-state index in [1.807, 2.05) is 0 Å². The van der Waals surface area contributed by atoms with Crippen LogP contribution in [0.3, 0.4) is 0 Å². The Kier molecular flexibility index (Phi) is 6.78. The highest BCUT2D eigenvalue weighted by Gasteiger charge is 2.41. The molecule has 0 bridgehead atoms. The van der Waals surface area contributed by atoms with Gasteiger partial charge < -0.3 is 24.7 Å². The number of carbonyl (C=O) groups is 3. The summed E-state index contributed by atoms with van der Waals surface area (Å²) < 4.78 is 24.0. The van der Waals surface area contributed by atoms with E-state index in [1.54, 1.807) is 30.3 Å². The van der Waals surface area contributed by atoms with Crippen LogP contribution in [0.25, 0.3) is 11.2 Å². The number of nitrogens with two attached hydrogens (primary N) is 1. The SMILES string of the molecule is CC(=O)OC[C@@H]1C[C@@H](OC(C)=O)[C@H](n2c(=O)n(COC(=O)c3ccccc3)c3cnc(N)nc32)O1. The molecule has 4 rings (SSSR count). The van der Waals surface area contributed by atoms with Crippen LogP contribution in [0, 0.1) is 0 Å². The third-order valence-corrected chi connectivity index (χ3v) is 5.25. The number of imidazole rings is 1. The summed E-state index contributed by atoms with van der Waals surface area (Å²) in [5, 5.41) is 0. The van der Waals surface area contributed by atoms with E-state index in [-0.39, 0.29) is 30.1 Å². The van der Waals surface area contributed by atoms with Gasteiger partial charge in [-0.15, -0.1) is 0 Å². The molecule has 1 fully saturated rings. The van der Waals surface area contributed by atoms with Crippen molar-refractivity contribution in [1.29, 1.82) is 0 Å². The predicted octanol–water partition coefficient (Wildman–Crippen LogP) is 0.772. The van der Waals surface area contributed by atoms with Crippen molar-refractivity contribution in [1.82, 2.24) is 19.1 Å². The van der Waals surface area contributed by atoms with Crippen molar-refractivity contribution < 1.29 is 33.3 Å². The number of benzene rings is 1. The predicted molar refractivity (Wildman–Crippen MR) is 119 cm³/mol. The third-order valence-electron chi connectivity index (χ3n) is 5.25. The minimum absolute atomic E-state index is 0.0912. The molecular formula is C22H23N5O8. The smallest absolute Gasteiger partial charge is 0.339 e. The Labute approximate surface area is 198 Å². The van der Waals surface area contributed by atoms with Gasteiger partial charge in [-0.3, -0.25) is 14.2 Å². The first-order chi connectivity index (χ1) is 16.7. The molecular weight excluding hydrogens is 462 g/mol. The number of ether oxygens (including phenoxy) is 4. The number of nitrogens with zero attached hydrogens (tertiary/aromatic N) is 4. The summed E-state index contributed by atoms with van der Waals surface area (Å²) in [7, 11) is 0. The number of fused-ring (bicyclic) bond motifs is 1. The van der Waals surface area contributed by atoms with Crippen LogP contribution in [-0.4, -0.2) is 55.8 Å². The quantitative estimate of drug-likeness (QED) is 0.371. The van der Waals surface area contributed by atoms with Gasteiger partial charge in [-0.1, -0.05) is 18.2 Å². The number of rotatable bonds is 7. The molecule has 0 spiro atoms. The molecule has 13 nitrogen and oxygen atoms in total. The molecule has 3 atom stereocenters. The highest BCUT2D eigenvalue weighted by atomic mass is 16.6. The lowest BCUT2D eigenvalue weighted by Gasteiger charge is -2.19. The lowest BCUT2D eigenvalue weighted by atomic mass is 10.2. The number of esters is 3. The fraction of sp³-hybridized carbons (Fsp3) is 0.364. The molecule has 1 aromatic carbocycles. The number of carbonyl (C=O) groups excluding carboxylic acids is 3. The molecule has 0 radical (unpaired) electrons. The van der Waals surface area contributed by atoms with Crippen LogP contribution >= 0.6 is 0 Å². The van der Waals surface area contributed by atoms with Crippen molar-refractivity contribution in [3.8, 4) is 0 Å². The number of nitrogen functional groups attached to an aromatic ring is 1. The molecule has 35 heavy (non-hydrogen) atoms. The Morgan fingerprint density at radius 2 is 1.89 bits per heavy atom. The molecule has 3 aromatic rings. The second kappa shape index (κ2) is 9.93. The summed E-state index contributed by atoms with van der Waals surface area (Å²) in [6.07, 6.45) is -1.14. The lowest BCUT2D eigenvalue weighted by molar-refractivity contribution is -0.153. The molecule has 1 aliphatic rings. The summed E-state index contributed by atoms with van der Waals surface area (Å²) in [6.45, 7) is 1.95. The monoisotopic (exact) mass is 485 g/mol. The van der Waals surface area contributed by atoms with Crippen LogP contribution in [0.15, 0.2) is 41.3 Å². The lowest BCUT2D eigenvalue weighted by Crippen LogP contribution is -2.34. The van der Waals surface area contributed by atoms with Gasteiger partial charge in [-0.05, 0) is 12.1 Å². The Hall–Kier alpha value is -4.26. The zero-order valence-electron chi connectivity index (χ0n) is 18.9. The molecule has 3 heterocycles. The van der Waals surface area contributed by atoms with Crippen molar-refractivity contribution in [3.63, 3.8) is 0 Å². The first kappa shape index (κ1) is 23.9. The van der Waals surface area contributed by atoms with Gasteiger partial charge in [0.2, 0.25) is 5.95 Å². The Balaban J connectivity index is 1.69. The van der Waals surface area contributed by atoms with Crippen LogP contribution in [0.2, 0.25) is 0 Å². The summed E-state index contributed by atoms with van der Waals surface area (Å²) >= 11 is 0. The van der Waals surface area contributed by atoms with Gasteiger partial charge in [0.05, 0.1) is 17.9 Å². The summed E-state index contributed by atoms with van der Waals surface area (Å²) in [6, 6.07) is 8.29. The largest absolute Gasteiger partial charge is 0.463 e. The second-order valence-electron chi connectivity index (χ2n) is 7.78. The van der Waals surface area contributed by atoms with Crippen LogP contribution < -0.4 is 11.4 Å². The van der Waals surface area contributed by atoms with Gasteiger partial charge in [0.25, 0.3) is 0 Å². The van der Waals surface area contributed by atoms with Gasteiger partial charge in [-0.25, -0.2) is 19.1 Å². The van der Waals surface area contributed by atoms with Gasteiger partial charge in [0.1, 0.15) is 18.2 Å². The van der Waals surface area contributed by atoms with E-state index in [4.69, 9.17) is 24.7 Å². The average molecular weight is 485 g/mol. The standard InChI is InChI=1S/C22H23N5O8/c1-12(28)32-10-15-8-17(34-13(2)29)19(35-15)27-18-16(9-24-21(23)25-18)26(22(27)31)11-33-20(30)14-6-4-3-5-7-14/h3-7,9,15,17,19H,8,10-11H2,1-2H3,(H2,23,24,25)/t15-,17+,19+/m0/s1. The zero-order valence-corrected chi connectivity index (χ0v) is 18.9. The third kappa shape index (κ3) is 5.14. The van der Waals surface area contributed by atoms with Crippen molar-refractivity contribution in [3.05, 3.63) is 52.6 Å². The number of aromatic nitrogens is 4. The van der Waals surface area contributed by atoms with E-state index in [0.717, 1.165) is 9.13 Å². The van der Waals surface area contributed by atoms with Crippen LogP contribution in [0.4, 0.5) is 5.95 Å². The number of hydrogen-bond acceptors (Lipinski definition) is 11. The first-order valence-electron chi connectivity index (χ1n) is 10.7. The van der Waals surface area contributed by atoms with E-state index >= 15 is 0 Å². The molecule has 1 aliphatic heterocycles. The minimum Gasteiger partial charge on any atom is -0.463 e. The topological polar surface area (TPSA) is 167 Å². The van der Waals surface area contributed by atoms with Gasteiger partial charge >= 0.3 is 23.6 Å². The summed E-state index contributed by atoms with van der Waals surface area (Å²) in [5.74, 6) is -1.83. The minimum atomic E-state index is -1.10. The molecule has 184 valence electrons. The van der Waals surface area contributed by atoms with Gasteiger partial charge in [0.15, 0.2) is 18.6 Å². The van der Waals surface area contributed by atoms with E-state index < -0.39 is 48.8 Å². The maximum Gasteiger partial charge on any atom is 0.339 e. The van der Waals surface area contributed by atoms with E-state index in [2.05, 4.69) is 9.97 Å². The molecule has 0 unspecified atom stereocenters. The maximum absolute atomic E-state index is 13.5. The normalized spacial score (nSPS) is 19.4. The van der Waals surface area contributed by atoms with Crippen molar-refractivity contribution >= 4 is 35.0 Å². The van der Waals surface area contributed by atoms with Crippen molar-refractivity contribution in [2.45, 2.75) is 45.4 Å². The van der Waals surface area contributed by atoms with Crippen LogP contribution in [0.5, 0.6) is 0 Å². The molecule has 0 saturated carbocycles. The second-order valence-corrected chi connectivity index (χ2v) is 7.78. The Bertz CT molecular complexity index is 1320. The molecule has 2 aromatic heterocycles. The molecule has 1 saturated heterocycles. The fourth-order valence-electron chi connectivity index (χ4n) is 3.79. The van der Waals surface area contributed by atoms with Crippen LogP contribution in [-0.2, 0) is 35.3 Å². The summed E-state index contributed by atoms with van der Waals surface area (Å²) in [4.78, 5) is 56.9. The van der Waals surface area contributed by atoms with E-state index in [9.17, 15) is 19.2 Å².